The molecule has 114 heavy (non-hydrogen) atoms. The molecule has 11 heteroatoms. The number of rotatable bonds is 11. The minimum Gasteiger partial charge on any atom is -0.231 e. The van der Waals surface area contributed by atoms with E-state index >= 15 is 0 Å². The van der Waals surface area contributed by atoms with Gasteiger partial charge in [0.2, 0.25) is 33.9 Å². The monoisotopic (exact) mass is 1510 g/mol. The van der Waals surface area contributed by atoms with Crippen molar-refractivity contribution >= 4 is 55.3 Å². The van der Waals surface area contributed by atoms with Crippen molar-refractivity contribution in [1.82, 2.24) is 29.9 Å². The van der Waals surface area contributed by atoms with Gasteiger partial charge in [-0.25, -0.2) is 29.1 Å². The first-order valence-electron chi connectivity index (χ1n) is 40.7. The predicted molar refractivity (Wildman–Crippen MR) is 476 cm³/mol. The molecule has 9 heterocycles. The molecule has 0 fully saturated rings. The van der Waals surface area contributed by atoms with Crippen LogP contribution in [0.25, 0.3) is 112 Å². The third-order valence-electron chi connectivity index (χ3n) is 23.0. The van der Waals surface area contributed by atoms with E-state index in [1.165, 1.54) is 167 Å². The van der Waals surface area contributed by atoms with Gasteiger partial charge in [0.1, 0.15) is 44.9 Å². The van der Waals surface area contributed by atoms with Crippen LogP contribution in [0.3, 0.4) is 0 Å². The summed E-state index contributed by atoms with van der Waals surface area (Å²) < 4.78 is 11.2. The Morgan fingerprint density at radius 3 is 1.13 bits per heavy atom. The second kappa shape index (κ2) is 35.5. The van der Waals surface area contributed by atoms with E-state index in [1.54, 1.807) is 6.20 Å². The SMILES string of the molecule is Cc1cc(C)c(C)c(-c2ccc3c(CC(C)C)cccc3[n+]2C)c1.Cc1cc(C)c(C)c(-c2ccc3ccc(C(C)C)nc3[n+]2C)c1.Cc1cc(C)c(C)c(-c2ccc3ccc(CC(C)C)nc3[n+]2C)c1.Cc1cc(C)c(C)c(-c2cnc3ncc(C(C)C)cc3[n+]2C)c1.Cc1cc(C)c(C)c(-c2cnc3ncccc3[n+]2C)c1. The summed E-state index contributed by atoms with van der Waals surface area (Å²) in [5, 5.41) is 3.75. The van der Waals surface area contributed by atoms with Gasteiger partial charge in [0, 0.05) is 71.1 Å². The Kier molecular flexibility index (Phi) is 26.1. The smallest absolute Gasteiger partial charge is 0.231 e. The predicted octanol–water partition coefficient (Wildman–Crippen LogP) is 22.3. The molecule has 0 saturated carbocycles. The molecular formula is C103H122N11+5. The highest BCUT2D eigenvalue weighted by Gasteiger charge is 2.25. The maximum absolute atomic E-state index is 4.94. The zero-order chi connectivity index (χ0) is 82.6. The molecule has 0 N–H and O–H groups in total. The minimum absolute atomic E-state index is 0.436. The van der Waals surface area contributed by atoms with Crippen LogP contribution in [0, 0.1) is 116 Å². The van der Waals surface area contributed by atoms with Gasteiger partial charge in [-0.05, 0) is 296 Å². The van der Waals surface area contributed by atoms with Gasteiger partial charge in [0.25, 0.3) is 11.0 Å². The third kappa shape index (κ3) is 18.4. The summed E-state index contributed by atoms with van der Waals surface area (Å²) in [4.78, 5) is 27.7. The van der Waals surface area contributed by atoms with Crippen LogP contribution in [0.4, 0.5) is 0 Å². The van der Waals surface area contributed by atoms with E-state index in [1.807, 2.05) is 24.7 Å². The Bertz CT molecular complexity index is 5920. The van der Waals surface area contributed by atoms with E-state index in [9.17, 15) is 0 Å². The summed E-state index contributed by atoms with van der Waals surface area (Å²) in [7, 11) is 10.6. The topological polar surface area (TPSA) is 96.7 Å². The van der Waals surface area contributed by atoms with E-state index in [0.29, 0.717) is 23.7 Å². The third-order valence-corrected chi connectivity index (χ3v) is 23.0. The summed E-state index contributed by atoms with van der Waals surface area (Å²) in [5.41, 5.74) is 44.3. The molecule has 0 unspecified atom stereocenters. The largest absolute Gasteiger partial charge is 0.330 e. The summed E-state index contributed by atoms with van der Waals surface area (Å²) in [6, 6.07) is 57.5. The van der Waals surface area contributed by atoms with Crippen molar-refractivity contribution < 1.29 is 22.8 Å². The van der Waals surface area contributed by atoms with Gasteiger partial charge in [-0.15, -0.1) is 0 Å². The highest BCUT2D eigenvalue weighted by Crippen LogP contribution is 2.33. The van der Waals surface area contributed by atoms with Crippen molar-refractivity contribution in [1.29, 1.82) is 0 Å². The molecule has 0 radical (unpaired) electrons. The second-order valence-corrected chi connectivity index (χ2v) is 33.7. The standard InChI is InChI=1S/C23H28N.C22H27N2.C21H25N2.C20H24N3.C17H18N3/c1-15(2)12-19-8-7-9-22-20(19)10-11-23(24(22)6)21-14-16(3)13-17(4)18(21)5;1-14(2)11-19-9-7-18-8-10-21(24(6)22(18)23-19)20-13-15(3)12-16(4)17(20)5;1-13(2)19-9-7-17-8-10-20(23(6)21(17)22-19)18-12-14(3)11-15(4)16(18)5;1-12(2)16-9-18-20(21-10-16)22-11-19(23(18)6)17-8-13(3)7-14(4)15(17)5;1-11-8-12(2)13(3)14(9-11)16-10-19-17-15(20(16)4)6-5-7-18-17/h7-11,13-15H,12H2,1-6H3;7-10,12-14H,11H2,1-6H3;7-13H,1-6H3;7-12H,1-6H3;5-10H,1-4H3/q5*+1. The van der Waals surface area contributed by atoms with Crippen molar-refractivity contribution in [2.24, 2.45) is 47.1 Å². The molecule has 15 rings (SSSR count). The molecule has 0 aliphatic heterocycles. The van der Waals surface area contributed by atoms with Gasteiger partial charge in [-0.3, -0.25) is 0 Å². The Morgan fingerprint density at radius 1 is 0.307 bits per heavy atom. The number of nitrogens with zero attached hydrogens (tertiary/aromatic N) is 11. The van der Waals surface area contributed by atoms with E-state index in [2.05, 4.69) is 389 Å². The summed E-state index contributed by atoms with van der Waals surface area (Å²) in [6.45, 7) is 50.4. The van der Waals surface area contributed by atoms with Gasteiger partial charge in [0.15, 0.2) is 11.4 Å². The van der Waals surface area contributed by atoms with Gasteiger partial charge in [-0.2, -0.15) is 13.7 Å². The van der Waals surface area contributed by atoms with Crippen LogP contribution in [0.5, 0.6) is 0 Å². The molecule has 9 aromatic heterocycles. The van der Waals surface area contributed by atoms with Gasteiger partial charge in [-0.1, -0.05) is 126 Å². The summed E-state index contributed by atoms with van der Waals surface area (Å²) >= 11 is 0. The molecule has 0 aliphatic rings. The second-order valence-electron chi connectivity index (χ2n) is 33.7. The van der Waals surface area contributed by atoms with E-state index in [-0.39, 0.29) is 0 Å². The van der Waals surface area contributed by atoms with E-state index in [4.69, 9.17) is 9.97 Å². The Labute approximate surface area is 679 Å². The highest BCUT2D eigenvalue weighted by atomic mass is 15.0. The van der Waals surface area contributed by atoms with Crippen molar-refractivity contribution in [2.45, 2.75) is 184 Å². The first-order valence-corrected chi connectivity index (χ1v) is 40.7. The number of aromatic nitrogens is 11. The van der Waals surface area contributed by atoms with E-state index < -0.39 is 0 Å². The van der Waals surface area contributed by atoms with Crippen molar-refractivity contribution in [3.63, 3.8) is 0 Å². The highest BCUT2D eigenvalue weighted by molar-refractivity contribution is 5.83. The zero-order valence-corrected chi connectivity index (χ0v) is 73.5. The average Bonchev–Trinajstić information content (AvgIpc) is 0.810. The lowest BCUT2D eigenvalue weighted by Gasteiger charge is -2.12. The molecule has 0 spiro atoms. The number of fused-ring (bicyclic) bond motifs is 5. The first-order chi connectivity index (χ1) is 54.1. The van der Waals surface area contributed by atoms with Gasteiger partial charge >= 0.3 is 11.3 Å². The Balaban J connectivity index is 0.000000141. The lowest BCUT2D eigenvalue weighted by Crippen LogP contribution is -2.33. The fourth-order valence-electron chi connectivity index (χ4n) is 15.9. The minimum atomic E-state index is 0.436. The van der Waals surface area contributed by atoms with Crippen molar-refractivity contribution in [3.8, 4) is 56.3 Å². The van der Waals surface area contributed by atoms with Crippen LogP contribution in [0.2, 0.25) is 0 Å². The van der Waals surface area contributed by atoms with Crippen LogP contribution < -0.4 is 22.8 Å². The van der Waals surface area contributed by atoms with Crippen LogP contribution >= 0.6 is 0 Å². The molecule has 0 saturated heterocycles. The van der Waals surface area contributed by atoms with E-state index in [0.717, 1.165) is 63.5 Å². The fraction of sp³-hybridized carbons (Fsp3) is 0.330. The number of aryl methyl sites for hydroxylation is 15. The average molecular weight is 1510 g/mol. The Morgan fingerprint density at radius 2 is 0.684 bits per heavy atom. The molecule has 15 aromatic rings. The van der Waals surface area contributed by atoms with Gasteiger partial charge in [0.05, 0.1) is 36.0 Å². The molecule has 0 atom stereocenters. The molecule has 6 aromatic carbocycles. The van der Waals surface area contributed by atoms with Gasteiger partial charge < -0.3 is 0 Å². The number of hydrogen-bond acceptors (Lipinski definition) is 6. The molecule has 0 aliphatic carbocycles. The quantitative estimate of drug-likeness (QED) is 0.120. The molecule has 0 amide bonds. The summed E-state index contributed by atoms with van der Waals surface area (Å²) in [5.74, 6) is 2.18. The molecule has 11 nitrogen and oxygen atoms in total. The van der Waals surface area contributed by atoms with Crippen LogP contribution in [-0.2, 0) is 48.1 Å². The first kappa shape index (κ1) is 83.8. The number of pyridine rings is 7. The number of benzene rings is 6. The normalized spacial score (nSPS) is 11.4. The molecular weight excluding hydrogens is 1390 g/mol. The summed E-state index contributed by atoms with van der Waals surface area (Å²) in [6.07, 6.45) is 9.70. The van der Waals surface area contributed by atoms with Crippen LogP contribution in [-0.4, -0.2) is 29.9 Å². The van der Waals surface area contributed by atoms with Crippen molar-refractivity contribution in [3.05, 3.63) is 288 Å². The zero-order valence-electron chi connectivity index (χ0n) is 73.5. The maximum atomic E-state index is 4.94. The fourth-order valence-corrected chi connectivity index (χ4v) is 15.9. The maximum Gasteiger partial charge on any atom is 0.330 e. The lowest BCUT2D eigenvalue weighted by atomic mass is 9.95. The number of hydrogen-bond donors (Lipinski definition) is 0. The molecule has 0 bridgehead atoms. The molecule has 584 valence electrons. The Hall–Kier alpha value is -11.2. The van der Waals surface area contributed by atoms with Crippen molar-refractivity contribution in [2.75, 3.05) is 0 Å². The lowest BCUT2D eigenvalue weighted by molar-refractivity contribution is -0.635. The van der Waals surface area contributed by atoms with Crippen LogP contribution in [0.15, 0.2) is 183 Å². The van der Waals surface area contributed by atoms with Crippen LogP contribution in [0.1, 0.15) is 173 Å².